The molecular formula is C25H27N7O2. The van der Waals surface area contributed by atoms with E-state index < -0.39 is 0 Å². The Morgan fingerprint density at radius 1 is 1.03 bits per heavy atom. The number of benzene rings is 1. The summed E-state index contributed by atoms with van der Waals surface area (Å²) in [6.45, 7) is 4.10. The Morgan fingerprint density at radius 2 is 1.76 bits per heavy atom. The van der Waals surface area contributed by atoms with E-state index in [2.05, 4.69) is 39.1 Å². The van der Waals surface area contributed by atoms with Crippen molar-refractivity contribution in [1.82, 2.24) is 19.5 Å². The van der Waals surface area contributed by atoms with Gasteiger partial charge in [-0.2, -0.15) is 0 Å². The Morgan fingerprint density at radius 3 is 2.47 bits per heavy atom. The number of fused-ring (bicyclic) bond motifs is 1. The average Bonchev–Trinajstić information content (AvgIpc) is 2.87. The van der Waals surface area contributed by atoms with Gasteiger partial charge in [-0.15, -0.1) is 0 Å². The first-order valence-corrected chi connectivity index (χ1v) is 11.3. The van der Waals surface area contributed by atoms with Gasteiger partial charge in [-0.3, -0.25) is 9.78 Å². The summed E-state index contributed by atoms with van der Waals surface area (Å²) in [5.74, 6) is 0.204. The molecule has 1 saturated heterocycles. The lowest BCUT2D eigenvalue weighted by atomic mass is 10.0. The molecule has 1 fully saturated rings. The van der Waals surface area contributed by atoms with Gasteiger partial charge in [-0.25, -0.2) is 9.97 Å². The van der Waals surface area contributed by atoms with Crippen LogP contribution in [0.3, 0.4) is 0 Å². The SMILES string of the molecule is NCCn1ccc2cc(-c3cnc(N)nc3)nc(Cc3ccc(N4CCOCC4)cc3)c2c1=O. The number of anilines is 2. The van der Waals surface area contributed by atoms with Crippen LogP contribution in [0.1, 0.15) is 11.3 Å². The highest BCUT2D eigenvalue weighted by Crippen LogP contribution is 2.25. The molecule has 0 amide bonds. The molecule has 9 heteroatoms. The molecule has 4 aromatic rings. The van der Waals surface area contributed by atoms with Crippen molar-refractivity contribution in [1.29, 1.82) is 0 Å². The van der Waals surface area contributed by atoms with Gasteiger partial charge in [0.05, 0.1) is 30.0 Å². The van der Waals surface area contributed by atoms with Crippen LogP contribution >= 0.6 is 0 Å². The molecule has 174 valence electrons. The molecule has 1 aliphatic rings. The Labute approximate surface area is 197 Å². The van der Waals surface area contributed by atoms with Crippen molar-refractivity contribution in [2.45, 2.75) is 13.0 Å². The molecule has 4 heterocycles. The van der Waals surface area contributed by atoms with Crippen molar-refractivity contribution in [2.75, 3.05) is 43.5 Å². The highest BCUT2D eigenvalue weighted by molar-refractivity contribution is 5.87. The second-order valence-corrected chi connectivity index (χ2v) is 8.29. The van der Waals surface area contributed by atoms with Crippen molar-refractivity contribution < 1.29 is 4.74 Å². The summed E-state index contributed by atoms with van der Waals surface area (Å²) in [4.78, 5) is 28.7. The number of hydrogen-bond acceptors (Lipinski definition) is 8. The summed E-state index contributed by atoms with van der Waals surface area (Å²) < 4.78 is 7.09. The van der Waals surface area contributed by atoms with Crippen LogP contribution in [0.15, 0.2) is 59.8 Å². The van der Waals surface area contributed by atoms with E-state index in [0.717, 1.165) is 42.8 Å². The van der Waals surface area contributed by atoms with E-state index in [1.807, 2.05) is 12.1 Å². The second-order valence-electron chi connectivity index (χ2n) is 8.29. The van der Waals surface area contributed by atoms with E-state index in [-0.39, 0.29) is 11.5 Å². The first-order valence-electron chi connectivity index (χ1n) is 11.3. The van der Waals surface area contributed by atoms with Gasteiger partial charge in [0.15, 0.2) is 0 Å². The van der Waals surface area contributed by atoms with Crippen molar-refractivity contribution >= 4 is 22.4 Å². The van der Waals surface area contributed by atoms with Crippen LogP contribution in [0, 0.1) is 0 Å². The van der Waals surface area contributed by atoms with Gasteiger partial charge in [-0.05, 0) is 35.2 Å². The van der Waals surface area contributed by atoms with Crippen LogP contribution < -0.4 is 21.9 Å². The Hall–Kier alpha value is -3.82. The molecule has 1 aromatic carbocycles. The fraction of sp³-hybridized carbons (Fsp3) is 0.280. The Bertz CT molecular complexity index is 1350. The molecule has 4 N–H and O–H groups in total. The van der Waals surface area contributed by atoms with E-state index in [0.29, 0.717) is 36.3 Å². The summed E-state index contributed by atoms with van der Waals surface area (Å²) in [5, 5.41) is 1.42. The van der Waals surface area contributed by atoms with Crippen LogP contribution in [0.5, 0.6) is 0 Å². The third-order valence-corrected chi connectivity index (χ3v) is 6.06. The number of hydrogen-bond donors (Lipinski definition) is 2. The van der Waals surface area contributed by atoms with Gasteiger partial charge >= 0.3 is 0 Å². The molecule has 0 unspecified atom stereocenters. The first kappa shape index (κ1) is 22.0. The average molecular weight is 458 g/mol. The van der Waals surface area contributed by atoms with Crippen molar-refractivity contribution in [3.8, 4) is 11.3 Å². The summed E-state index contributed by atoms with van der Waals surface area (Å²) in [6.07, 6.45) is 5.59. The van der Waals surface area contributed by atoms with Crippen LogP contribution in [0.25, 0.3) is 22.0 Å². The van der Waals surface area contributed by atoms with E-state index in [9.17, 15) is 4.79 Å². The summed E-state index contributed by atoms with van der Waals surface area (Å²) >= 11 is 0. The molecule has 5 rings (SSSR count). The van der Waals surface area contributed by atoms with E-state index in [1.54, 1.807) is 23.2 Å². The van der Waals surface area contributed by atoms with Crippen LogP contribution in [-0.4, -0.2) is 52.4 Å². The quantitative estimate of drug-likeness (QED) is 0.449. The topological polar surface area (TPSA) is 125 Å². The fourth-order valence-corrected chi connectivity index (χ4v) is 4.28. The van der Waals surface area contributed by atoms with Gasteiger partial charge in [0.2, 0.25) is 5.95 Å². The summed E-state index contributed by atoms with van der Waals surface area (Å²) in [6, 6.07) is 12.3. The van der Waals surface area contributed by atoms with E-state index in [1.165, 1.54) is 5.69 Å². The Balaban J connectivity index is 1.56. The zero-order valence-electron chi connectivity index (χ0n) is 18.9. The predicted molar refractivity (Wildman–Crippen MR) is 133 cm³/mol. The molecule has 3 aromatic heterocycles. The highest BCUT2D eigenvalue weighted by atomic mass is 16.5. The zero-order valence-corrected chi connectivity index (χ0v) is 18.9. The molecule has 9 nitrogen and oxygen atoms in total. The van der Waals surface area contributed by atoms with E-state index in [4.69, 9.17) is 21.2 Å². The maximum absolute atomic E-state index is 13.3. The number of nitrogens with two attached hydrogens (primary N) is 2. The fourth-order valence-electron chi connectivity index (χ4n) is 4.28. The lowest BCUT2D eigenvalue weighted by Crippen LogP contribution is -2.36. The minimum atomic E-state index is -0.0875. The molecule has 0 bridgehead atoms. The zero-order chi connectivity index (χ0) is 23.5. The van der Waals surface area contributed by atoms with Gasteiger partial charge in [-0.1, -0.05) is 12.1 Å². The molecule has 1 aliphatic heterocycles. The maximum Gasteiger partial charge on any atom is 0.260 e. The number of nitrogen functional groups attached to an aromatic ring is 1. The molecule has 0 saturated carbocycles. The van der Waals surface area contributed by atoms with Gasteiger partial charge < -0.3 is 25.7 Å². The summed E-state index contributed by atoms with van der Waals surface area (Å²) in [5.41, 5.74) is 15.7. The number of aromatic nitrogens is 4. The van der Waals surface area contributed by atoms with Crippen LogP contribution in [0.4, 0.5) is 11.6 Å². The maximum atomic E-state index is 13.3. The smallest absolute Gasteiger partial charge is 0.260 e. The van der Waals surface area contributed by atoms with Gasteiger partial charge in [0.25, 0.3) is 5.56 Å². The van der Waals surface area contributed by atoms with Crippen molar-refractivity contribution in [2.24, 2.45) is 5.73 Å². The first-order chi connectivity index (χ1) is 16.6. The molecule has 0 aliphatic carbocycles. The Kier molecular flexibility index (Phi) is 6.20. The number of pyridine rings is 2. The molecule has 34 heavy (non-hydrogen) atoms. The second kappa shape index (κ2) is 9.58. The number of nitrogens with zero attached hydrogens (tertiary/aromatic N) is 5. The normalized spacial score (nSPS) is 14.0. The number of rotatable bonds is 6. The van der Waals surface area contributed by atoms with Gasteiger partial charge in [0, 0.05) is 62.4 Å². The van der Waals surface area contributed by atoms with Crippen molar-refractivity contribution in [3.63, 3.8) is 0 Å². The molecule has 0 atom stereocenters. The molecular weight excluding hydrogens is 430 g/mol. The summed E-state index contributed by atoms with van der Waals surface area (Å²) in [7, 11) is 0. The molecule has 0 radical (unpaired) electrons. The largest absolute Gasteiger partial charge is 0.378 e. The van der Waals surface area contributed by atoms with Crippen LogP contribution in [0.2, 0.25) is 0 Å². The lowest BCUT2D eigenvalue weighted by molar-refractivity contribution is 0.122. The monoisotopic (exact) mass is 457 g/mol. The minimum Gasteiger partial charge on any atom is -0.378 e. The van der Waals surface area contributed by atoms with Crippen molar-refractivity contribution in [3.05, 3.63) is 76.6 Å². The lowest BCUT2D eigenvalue weighted by Gasteiger charge is -2.28. The third-order valence-electron chi connectivity index (χ3n) is 6.06. The number of ether oxygens (including phenoxy) is 1. The predicted octanol–water partition coefficient (Wildman–Crippen LogP) is 1.82. The van der Waals surface area contributed by atoms with Crippen LogP contribution in [-0.2, 0) is 17.7 Å². The minimum absolute atomic E-state index is 0.0875. The third kappa shape index (κ3) is 4.48. The molecule has 0 spiro atoms. The highest BCUT2D eigenvalue weighted by Gasteiger charge is 2.15. The number of morpholine rings is 1. The van der Waals surface area contributed by atoms with E-state index >= 15 is 0 Å². The van der Waals surface area contributed by atoms with Gasteiger partial charge in [0.1, 0.15) is 0 Å². The standard InChI is InChI=1S/C25H27N7O2/c26-6-8-32-7-5-18-14-21(19-15-28-25(27)29-16-19)30-22(23(18)24(32)33)13-17-1-3-20(4-2-17)31-9-11-34-12-10-31/h1-5,7,14-16H,6,8-13,26H2,(H2,27,28,29).